The monoisotopic (exact) mass is 389 g/mol. The average molecular weight is 390 g/mol. The van der Waals surface area contributed by atoms with Crippen LogP contribution in [0.3, 0.4) is 0 Å². The number of hydrogen-bond acceptors (Lipinski definition) is 2. The Morgan fingerprint density at radius 2 is 2.00 bits per heavy atom. The van der Waals surface area contributed by atoms with E-state index in [-0.39, 0.29) is 0 Å². The Morgan fingerprint density at radius 1 is 1.25 bits per heavy atom. The lowest BCUT2D eigenvalue weighted by Crippen LogP contribution is -2.21. The number of imidazole rings is 1. The van der Waals surface area contributed by atoms with Crippen LogP contribution in [0.4, 0.5) is 0 Å². The summed E-state index contributed by atoms with van der Waals surface area (Å²) in [6, 6.07) is 8.66. The standard InChI is InChI=1S/C20H28BrN3/c1-16(2)17(3)20(18-5-7-19(21)8-6-18)9-11-22-10-4-13-24-14-12-23-15-24/h5-8,12,14-16,20,22H,3-4,9-11,13H2,1-2H3/t20-/m0/s1. The lowest BCUT2D eigenvalue weighted by molar-refractivity contribution is 0.541. The quantitative estimate of drug-likeness (QED) is 0.457. The molecule has 130 valence electrons. The van der Waals surface area contributed by atoms with Gasteiger partial charge >= 0.3 is 0 Å². The molecule has 0 saturated heterocycles. The zero-order chi connectivity index (χ0) is 17.4. The second kappa shape index (κ2) is 9.80. The van der Waals surface area contributed by atoms with Crippen LogP contribution in [0.15, 0.2) is 59.6 Å². The van der Waals surface area contributed by atoms with Crippen molar-refractivity contribution in [2.45, 2.75) is 39.2 Å². The molecule has 1 aromatic heterocycles. The third kappa shape index (κ3) is 5.91. The summed E-state index contributed by atoms with van der Waals surface area (Å²) in [6.07, 6.45) is 7.91. The molecule has 0 radical (unpaired) electrons. The second-order valence-electron chi connectivity index (χ2n) is 6.53. The molecule has 0 aliphatic heterocycles. The number of aromatic nitrogens is 2. The molecule has 0 aliphatic rings. The van der Waals surface area contributed by atoms with Gasteiger partial charge < -0.3 is 9.88 Å². The number of nitrogens with zero attached hydrogens (tertiary/aromatic N) is 2. The lowest BCUT2D eigenvalue weighted by atomic mass is 9.83. The molecular weight excluding hydrogens is 362 g/mol. The highest BCUT2D eigenvalue weighted by Gasteiger charge is 2.17. The first kappa shape index (κ1) is 18.9. The summed E-state index contributed by atoms with van der Waals surface area (Å²) in [7, 11) is 0. The molecule has 0 unspecified atom stereocenters. The number of rotatable bonds is 10. The van der Waals surface area contributed by atoms with Crippen molar-refractivity contribution in [2.24, 2.45) is 5.92 Å². The highest BCUT2D eigenvalue weighted by atomic mass is 79.9. The largest absolute Gasteiger partial charge is 0.337 e. The molecule has 0 fully saturated rings. The Hall–Kier alpha value is -1.39. The van der Waals surface area contributed by atoms with Crippen molar-refractivity contribution in [1.82, 2.24) is 14.9 Å². The topological polar surface area (TPSA) is 29.9 Å². The van der Waals surface area contributed by atoms with Crippen molar-refractivity contribution in [2.75, 3.05) is 13.1 Å². The van der Waals surface area contributed by atoms with E-state index in [9.17, 15) is 0 Å². The number of hydrogen-bond donors (Lipinski definition) is 1. The summed E-state index contributed by atoms with van der Waals surface area (Å²) in [6.45, 7) is 11.9. The van der Waals surface area contributed by atoms with E-state index < -0.39 is 0 Å². The van der Waals surface area contributed by atoms with Crippen LogP contribution in [0.25, 0.3) is 0 Å². The van der Waals surface area contributed by atoms with E-state index in [0.29, 0.717) is 11.8 Å². The van der Waals surface area contributed by atoms with Gasteiger partial charge in [0.25, 0.3) is 0 Å². The Bertz CT molecular complexity index is 602. The van der Waals surface area contributed by atoms with E-state index in [1.807, 2.05) is 18.7 Å². The van der Waals surface area contributed by atoms with Crippen LogP contribution in [0.1, 0.15) is 38.2 Å². The summed E-state index contributed by atoms with van der Waals surface area (Å²) in [4.78, 5) is 4.07. The summed E-state index contributed by atoms with van der Waals surface area (Å²) in [5.41, 5.74) is 2.68. The highest BCUT2D eigenvalue weighted by Crippen LogP contribution is 2.31. The molecule has 0 aliphatic carbocycles. The summed E-state index contributed by atoms with van der Waals surface area (Å²) >= 11 is 3.52. The van der Waals surface area contributed by atoms with Crippen molar-refractivity contribution in [1.29, 1.82) is 0 Å². The van der Waals surface area contributed by atoms with E-state index in [1.54, 1.807) is 0 Å². The van der Waals surface area contributed by atoms with Crippen molar-refractivity contribution < 1.29 is 0 Å². The number of benzene rings is 1. The number of allylic oxidation sites excluding steroid dienone is 1. The molecule has 0 amide bonds. The van der Waals surface area contributed by atoms with E-state index in [1.165, 1.54) is 11.1 Å². The average Bonchev–Trinajstić information content (AvgIpc) is 3.08. The fourth-order valence-corrected chi connectivity index (χ4v) is 3.10. The fourth-order valence-electron chi connectivity index (χ4n) is 2.84. The maximum atomic E-state index is 4.35. The minimum atomic E-state index is 0.416. The van der Waals surface area contributed by atoms with Crippen LogP contribution in [-0.2, 0) is 6.54 Å². The van der Waals surface area contributed by atoms with Crippen LogP contribution in [0, 0.1) is 5.92 Å². The van der Waals surface area contributed by atoms with E-state index in [2.05, 4.69) is 75.5 Å². The van der Waals surface area contributed by atoms with E-state index in [4.69, 9.17) is 0 Å². The first-order chi connectivity index (χ1) is 11.6. The van der Waals surface area contributed by atoms with Gasteiger partial charge in [-0.3, -0.25) is 0 Å². The highest BCUT2D eigenvalue weighted by molar-refractivity contribution is 9.10. The van der Waals surface area contributed by atoms with Gasteiger partial charge in [0.15, 0.2) is 0 Å². The summed E-state index contributed by atoms with van der Waals surface area (Å²) in [5, 5.41) is 3.57. The predicted molar refractivity (Wildman–Crippen MR) is 105 cm³/mol. The van der Waals surface area contributed by atoms with Gasteiger partial charge in [-0.25, -0.2) is 4.98 Å². The van der Waals surface area contributed by atoms with Crippen LogP contribution in [-0.4, -0.2) is 22.6 Å². The molecule has 24 heavy (non-hydrogen) atoms. The van der Waals surface area contributed by atoms with E-state index >= 15 is 0 Å². The van der Waals surface area contributed by atoms with Crippen molar-refractivity contribution in [3.8, 4) is 0 Å². The van der Waals surface area contributed by atoms with Crippen LogP contribution >= 0.6 is 15.9 Å². The third-order valence-corrected chi connectivity index (χ3v) is 4.93. The molecular formula is C20H28BrN3. The molecule has 4 heteroatoms. The Kier molecular flexibility index (Phi) is 7.73. The van der Waals surface area contributed by atoms with Gasteiger partial charge in [-0.05, 0) is 49.5 Å². The van der Waals surface area contributed by atoms with Gasteiger partial charge in [0.1, 0.15) is 0 Å². The van der Waals surface area contributed by atoms with Crippen LogP contribution < -0.4 is 5.32 Å². The van der Waals surface area contributed by atoms with Gasteiger partial charge in [0.2, 0.25) is 0 Å². The molecule has 1 heterocycles. The molecule has 2 rings (SSSR count). The van der Waals surface area contributed by atoms with Gasteiger partial charge in [0, 0.05) is 29.3 Å². The molecule has 3 nitrogen and oxygen atoms in total. The maximum absolute atomic E-state index is 4.35. The van der Waals surface area contributed by atoms with E-state index in [0.717, 1.165) is 36.9 Å². The minimum Gasteiger partial charge on any atom is -0.337 e. The Balaban J connectivity index is 1.80. The minimum absolute atomic E-state index is 0.416. The van der Waals surface area contributed by atoms with Gasteiger partial charge in [-0.2, -0.15) is 0 Å². The SMILES string of the molecule is C=C(C(C)C)[C@H](CCNCCCn1ccnc1)c1ccc(Br)cc1. The molecule has 1 aromatic carbocycles. The maximum Gasteiger partial charge on any atom is 0.0945 e. The first-order valence-corrected chi connectivity index (χ1v) is 9.48. The van der Waals surface area contributed by atoms with Gasteiger partial charge in [0.05, 0.1) is 6.33 Å². The summed E-state index contributed by atoms with van der Waals surface area (Å²) in [5.74, 6) is 0.916. The van der Waals surface area contributed by atoms with Crippen molar-refractivity contribution >= 4 is 15.9 Å². The molecule has 0 saturated carbocycles. The number of halogens is 1. The second-order valence-corrected chi connectivity index (χ2v) is 7.44. The Labute approximate surface area is 154 Å². The third-order valence-electron chi connectivity index (χ3n) is 4.40. The molecule has 0 bridgehead atoms. The predicted octanol–water partition coefficient (Wildman–Crippen LogP) is 5.01. The molecule has 2 aromatic rings. The lowest BCUT2D eigenvalue weighted by Gasteiger charge is -2.23. The first-order valence-electron chi connectivity index (χ1n) is 8.68. The molecule has 0 spiro atoms. The molecule has 1 N–H and O–H groups in total. The zero-order valence-corrected chi connectivity index (χ0v) is 16.3. The zero-order valence-electron chi connectivity index (χ0n) is 14.7. The van der Waals surface area contributed by atoms with Crippen LogP contribution in [0.2, 0.25) is 0 Å². The number of nitrogens with one attached hydrogen (secondary N) is 1. The van der Waals surface area contributed by atoms with Gasteiger partial charge in [-0.15, -0.1) is 0 Å². The smallest absolute Gasteiger partial charge is 0.0945 e. The van der Waals surface area contributed by atoms with Crippen molar-refractivity contribution in [3.05, 3.63) is 65.2 Å². The van der Waals surface area contributed by atoms with Gasteiger partial charge in [-0.1, -0.05) is 54.1 Å². The summed E-state index contributed by atoms with van der Waals surface area (Å²) < 4.78 is 3.24. The number of aryl methyl sites for hydroxylation is 1. The normalized spacial score (nSPS) is 12.5. The Morgan fingerprint density at radius 3 is 2.62 bits per heavy atom. The fraction of sp³-hybridized carbons (Fsp3) is 0.450. The van der Waals surface area contributed by atoms with Crippen molar-refractivity contribution in [3.63, 3.8) is 0 Å². The molecule has 1 atom stereocenters. The van der Waals surface area contributed by atoms with Crippen LogP contribution in [0.5, 0.6) is 0 Å².